The number of hydrogen-bond donors (Lipinski definition) is 1. The van der Waals surface area contributed by atoms with Crippen molar-refractivity contribution in [2.45, 2.75) is 12.3 Å². The van der Waals surface area contributed by atoms with Crippen molar-refractivity contribution in [3.8, 4) is 5.69 Å². The largest absolute Gasteiger partial charge is 0.396 e. The number of rotatable bonds is 4. The molecule has 1 N–H and O–H groups in total. The van der Waals surface area contributed by atoms with Gasteiger partial charge in [0, 0.05) is 36.1 Å². The van der Waals surface area contributed by atoms with E-state index in [9.17, 15) is 14.3 Å². The van der Waals surface area contributed by atoms with Gasteiger partial charge >= 0.3 is 0 Å². The quantitative estimate of drug-likeness (QED) is 0.519. The van der Waals surface area contributed by atoms with Gasteiger partial charge in [-0.2, -0.15) is 5.10 Å². The number of fused-ring (bicyclic) bond motifs is 2. The maximum absolute atomic E-state index is 13.4. The standard InChI is InChI=1S/C27H24FN3O2/c1-17-11-25-19(13-29-31(25)21-9-7-20(28)8-10-21)12-22(17)27-16-30(14-23(27)24(27)15-32)26(33)18-5-3-2-4-6-18/h2-13,23-24,32H,14-16H2,1H3. The zero-order valence-electron chi connectivity index (χ0n) is 18.3. The summed E-state index contributed by atoms with van der Waals surface area (Å²) in [6.07, 6.45) is 1.82. The average Bonchev–Trinajstić information content (AvgIpc) is 3.12. The molecule has 6 heteroatoms. The summed E-state index contributed by atoms with van der Waals surface area (Å²) < 4.78 is 15.2. The fraction of sp³-hybridized carbons (Fsp3) is 0.259. The van der Waals surface area contributed by atoms with Gasteiger partial charge in [-0.3, -0.25) is 4.79 Å². The third-order valence-electron chi connectivity index (χ3n) is 7.56. The smallest absolute Gasteiger partial charge is 0.253 e. The second kappa shape index (κ2) is 7.25. The summed E-state index contributed by atoms with van der Waals surface area (Å²) in [5.41, 5.74) is 4.52. The number of likely N-dealkylation sites (tertiary alicyclic amines) is 1. The van der Waals surface area contributed by atoms with Crippen LogP contribution in [0.4, 0.5) is 4.39 Å². The molecule has 33 heavy (non-hydrogen) atoms. The van der Waals surface area contributed by atoms with Crippen LogP contribution in [0.3, 0.4) is 0 Å². The molecular formula is C27H24FN3O2. The predicted octanol–water partition coefficient (Wildman–Crippen LogP) is 4.11. The minimum atomic E-state index is -0.279. The average molecular weight is 442 g/mol. The molecule has 2 aliphatic rings. The van der Waals surface area contributed by atoms with Crippen molar-refractivity contribution in [2.24, 2.45) is 11.8 Å². The lowest BCUT2D eigenvalue weighted by Crippen LogP contribution is -2.35. The van der Waals surface area contributed by atoms with E-state index in [4.69, 9.17) is 0 Å². The summed E-state index contributed by atoms with van der Waals surface area (Å²) in [5, 5.41) is 15.6. The van der Waals surface area contributed by atoms with Crippen LogP contribution in [-0.2, 0) is 5.41 Å². The van der Waals surface area contributed by atoms with Gasteiger partial charge in [-0.05, 0) is 78.4 Å². The van der Waals surface area contributed by atoms with Gasteiger partial charge in [-0.1, -0.05) is 18.2 Å². The van der Waals surface area contributed by atoms with Gasteiger partial charge in [0.1, 0.15) is 5.82 Å². The highest BCUT2D eigenvalue weighted by Crippen LogP contribution is 2.64. The maximum Gasteiger partial charge on any atom is 0.253 e. The number of nitrogens with zero attached hydrogens (tertiary/aromatic N) is 3. The lowest BCUT2D eigenvalue weighted by atomic mass is 9.88. The molecule has 1 amide bonds. The molecule has 5 nitrogen and oxygen atoms in total. The van der Waals surface area contributed by atoms with Crippen molar-refractivity contribution in [1.82, 2.24) is 14.7 Å². The minimum Gasteiger partial charge on any atom is -0.396 e. The van der Waals surface area contributed by atoms with Crippen molar-refractivity contribution in [3.63, 3.8) is 0 Å². The summed E-state index contributed by atoms with van der Waals surface area (Å²) in [6, 6.07) is 19.9. The topological polar surface area (TPSA) is 58.4 Å². The van der Waals surface area contributed by atoms with Crippen molar-refractivity contribution >= 4 is 16.8 Å². The Kier molecular flexibility index (Phi) is 4.42. The molecule has 0 spiro atoms. The van der Waals surface area contributed by atoms with Crippen molar-refractivity contribution in [2.75, 3.05) is 19.7 Å². The van der Waals surface area contributed by atoms with Crippen LogP contribution in [0.25, 0.3) is 16.6 Å². The Balaban J connectivity index is 1.37. The van der Waals surface area contributed by atoms with E-state index in [1.165, 1.54) is 17.7 Å². The molecule has 3 aromatic carbocycles. The van der Waals surface area contributed by atoms with Crippen LogP contribution in [0.5, 0.6) is 0 Å². The number of carbonyl (C=O) groups is 1. The zero-order chi connectivity index (χ0) is 22.7. The van der Waals surface area contributed by atoms with Gasteiger partial charge in [-0.25, -0.2) is 9.07 Å². The summed E-state index contributed by atoms with van der Waals surface area (Å²) in [4.78, 5) is 15.0. The molecule has 1 aliphatic carbocycles. The molecule has 6 rings (SSSR count). The predicted molar refractivity (Wildman–Crippen MR) is 124 cm³/mol. The zero-order valence-corrected chi connectivity index (χ0v) is 18.3. The van der Waals surface area contributed by atoms with Crippen molar-refractivity contribution in [1.29, 1.82) is 0 Å². The fourth-order valence-corrected chi connectivity index (χ4v) is 5.91. The van der Waals surface area contributed by atoms with E-state index in [2.05, 4.69) is 24.2 Å². The van der Waals surface area contributed by atoms with Crippen molar-refractivity contribution in [3.05, 3.63) is 95.4 Å². The summed E-state index contributed by atoms with van der Waals surface area (Å²) in [5.74, 6) is 0.166. The van der Waals surface area contributed by atoms with E-state index < -0.39 is 0 Å². The third kappa shape index (κ3) is 2.94. The molecule has 1 aromatic heterocycles. The second-order valence-corrected chi connectivity index (χ2v) is 9.25. The molecule has 1 saturated carbocycles. The molecular weight excluding hydrogens is 417 g/mol. The number of halogens is 1. The molecule has 3 atom stereocenters. The summed E-state index contributed by atoms with van der Waals surface area (Å²) >= 11 is 0. The minimum absolute atomic E-state index is 0.0433. The second-order valence-electron chi connectivity index (χ2n) is 9.25. The first-order chi connectivity index (χ1) is 16.0. The molecule has 1 saturated heterocycles. The number of benzene rings is 3. The van der Waals surface area contributed by atoms with Crippen LogP contribution in [0.2, 0.25) is 0 Å². The van der Waals surface area contributed by atoms with Crippen LogP contribution < -0.4 is 0 Å². The SMILES string of the molecule is Cc1cc2c(cnn2-c2ccc(F)cc2)cc1C12CN(C(=O)c3ccccc3)CC1C2CO. The van der Waals surface area contributed by atoms with E-state index in [1.54, 1.807) is 12.1 Å². The first-order valence-corrected chi connectivity index (χ1v) is 11.2. The first-order valence-electron chi connectivity index (χ1n) is 11.2. The van der Waals surface area contributed by atoms with Crippen LogP contribution in [0.1, 0.15) is 21.5 Å². The van der Waals surface area contributed by atoms with Crippen LogP contribution in [0.15, 0.2) is 72.9 Å². The van der Waals surface area contributed by atoms with E-state index in [-0.39, 0.29) is 35.6 Å². The molecule has 166 valence electrons. The van der Waals surface area contributed by atoms with E-state index in [1.807, 2.05) is 46.1 Å². The fourth-order valence-electron chi connectivity index (χ4n) is 5.91. The number of hydrogen-bond acceptors (Lipinski definition) is 3. The highest BCUT2D eigenvalue weighted by molar-refractivity contribution is 5.95. The number of piperidine rings is 1. The van der Waals surface area contributed by atoms with Crippen LogP contribution >= 0.6 is 0 Å². The Morgan fingerprint density at radius 1 is 1.15 bits per heavy atom. The summed E-state index contributed by atoms with van der Waals surface area (Å²) in [6.45, 7) is 3.46. The van der Waals surface area contributed by atoms with Gasteiger partial charge in [0.05, 0.1) is 17.4 Å². The first kappa shape index (κ1) is 20.1. The number of carbonyl (C=O) groups excluding carboxylic acids is 1. The molecule has 0 radical (unpaired) electrons. The third-order valence-corrected chi connectivity index (χ3v) is 7.56. The molecule has 2 fully saturated rings. The molecule has 3 unspecified atom stereocenters. The van der Waals surface area contributed by atoms with Crippen molar-refractivity contribution < 1.29 is 14.3 Å². The molecule has 4 aromatic rings. The Bertz CT molecular complexity index is 1370. The summed E-state index contributed by atoms with van der Waals surface area (Å²) in [7, 11) is 0. The van der Waals surface area contributed by atoms with Gasteiger partial charge in [0.15, 0.2) is 0 Å². The van der Waals surface area contributed by atoms with Gasteiger partial charge in [-0.15, -0.1) is 0 Å². The highest BCUT2D eigenvalue weighted by atomic mass is 19.1. The molecule has 0 bridgehead atoms. The molecule has 2 heterocycles. The number of aryl methyl sites for hydroxylation is 1. The lowest BCUT2D eigenvalue weighted by Gasteiger charge is -2.25. The van der Waals surface area contributed by atoms with Crippen LogP contribution in [-0.4, -0.2) is 45.4 Å². The Labute approximate surface area is 191 Å². The van der Waals surface area contributed by atoms with E-state index in [0.717, 1.165) is 22.2 Å². The Morgan fingerprint density at radius 2 is 1.91 bits per heavy atom. The van der Waals surface area contributed by atoms with Gasteiger partial charge in [0.25, 0.3) is 5.91 Å². The van der Waals surface area contributed by atoms with Gasteiger partial charge < -0.3 is 10.0 Å². The van der Waals surface area contributed by atoms with Crippen LogP contribution in [0, 0.1) is 24.6 Å². The van der Waals surface area contributed by atoms with E-state index >= 15 is 0 Å². The highest BCUT2D eigenvalue weighted by Gasteiger charge is 2.70. The Morgan fingerprint density at radius 3 is 2.64 bits per heavy atom. The number of aliphatic hydroxyl groups is 1. The maximum atomic E-state index is 13.4. The van der Waals surface area contributed by atoms with E-state index in [0.29, 0.717) is 18.7 Å². The number of aliphatic hydroxyl groups excluding tert-OH is 1. The monoisotopic (exact) mass is 441 g/mol. The van der Waals surface area contributed by atoms with Gasteiger partial charge in [0.2, 0.25) is 0 Å². The normalized spacial score (nSPS) is 23.7. The number of amides is 1. The lowest BCUT2D eigenvalue weighted by molar-refractivity contribution is 0.0754. The number of aromatic nitrogens is 2. The molecule has 1 aliphatic heterocycles. The Hall–Kier alpha value is -3.51.